The number of carbonyl (C=O) groups is 2. The van der Waals surface area contributed by atoms with Gasteiger partial charge in [-0.15, -0.1) is 0 Å². The summed E-state index contributed by atoms with van der Waals surface area (Å²) >= 11 is 0. The molecule has 0 saturated heterocycles. The first-order valence-electron chi connectivity index (χ1n) is 10.7. The maximum atomic E-state index is 14.1. The zero-order valence-electron chi connectivity index (χ0n) is 18.5. The van der Waals surface area contributed by atoms with E-state index in [-0.39, 0.29) is 17.1 Å². The summed E-state index contributed by atoms with van der Waals surface area (Å²) in [6.07, 6.45) is 0. The van der Waals surface area contributed by atoms with Crippen LogP contribution in [0.25, 0.3) is 21.5 Å². The third kappa shape index (κ3) is 4.47. The van der Waals surface area contributed by atoms with Crippen molar-refractivity contribution in [2.45, 2.75) is 0 Å². The van der Waals surface area contributed by atoms with E-state index in [2.05, 4.69) is 0 Å². The second-order valence-electron chi connectivity index (χ2n) is 7.94. The maximum absolute atomic E-state index is 14.1. The predicted octanol–water partition coefficient (Wildman–Crippen LogP) is 7.13. The van der Waals surface area contributed by atoms with E-state index < -0.39 is 46.6 Å². The summed E-state index contributed by atoms with van der Waals surface area (Å²) in [4.78, 5) is 25.1. The van der Waals surface area contributed by atoms with Crippen molar-refractivity contribution < 1.29 is 41.0 Å². The van der Waals surface area contributed by atoms with Gasteiger partial charge in [0.25, 0.3) is 0 Å². The van der Waals surface area contributed by atoms with E-state index in [0.717, 1.165) is 18.2 Å². The molecule has 0 fully saturated rings. The number of esters is 2. The van der Waals surface area contributed by atoms with Crippen LogP contribution in [-0.4, -0.2) is 11.9 Å². The lowest BCUT2D eigenvalue weighted by Gasteiger charge is -2.12. The minimum atomic E-state index is -1.80. The highest BCUT2D eigenvalue weighted by molar-refractivity contribution is 6.05. The minimum Gasteiger partial charge on any atom is -0.422 e. The molecule has 5 rings (SSSR count). The number of hydrogen-bond acceptors (Lipinski definition) is 4. The highest BCUT2D eigenvalue weighted by atomic mass is 19.2. The van der Waals surface area contributed by atoms with Crippen molar-refractivity contribution in [3.63, 3.8) is 0 Å². The molecule has 37 heavy (non-hydrogen) atoms. The van der Waals surface area contributed by atoms with E-state index >= 15 is 0 Å². The third-order valence-electron chi connectivity index (χ3n) is 5.62. The smallest absolute Gasteiger partial charge is 0.346 e. The van der Waals surface area contributed by atoms with Gasteiger partial charge in [0.15, 0.2) is 29.1 Å². The van der Waals surface area contributed by atoms with Crippen LogP contribution in [0.15, 0.2) is 78.9 Å². The summed E-state index contributed by atoms with van der Waals surface area (Å²) in [5.41, 5.74) is -1.00. The average Bonchev–Trinajstić information content (AvgIpc) is 2.88. The quantitative estimate of drug-likeness (QED) is 0.0853. The van der Waals surface area contributed by atoms with Gasteiger partial charge in [-0.25, -0.2) is 31.5 Å². The summed E-state index contributed by atoms with van der Waals surface area (Å²) in [5.74, 6) is -9.36. The third-order valence-corrected chi connectivity index (χ3v) is 5.62. The Kier molecular flexibility index (Phi) is 6.04. The molecule has 0 unspecified atom stereocenters. The van der Waals surface area contributed by atoms with Crippen LogP contribution in [0.4, 0.5) is 22.0 Å². The molecular formula is C28H13F5O4. The molecule has 0 aromatic heterocycles. The number of rotatable bonds is 4. The van der Waals surface area contributed by atoms with E-state index in [4.69, 9.17) is 9.47 Å². The number of halogens is 5. The molecule has 0 N–H and O–H groups in total. The molecule has 5 aromatic rings. The van der Waals surface area contributed by atoms with Gasteiger partial charge in [-0.1, -0.05) is 24.3 Å². The van der Waals surface area contributed by atoms with Gasteiger partial charge in [0.05, 0.1) is 11.1 Å². The molecule has 5 aromatic carbocycles. The fourth-order valence-corrected chi connectivity index (χ4v) is 3.79. The molecule has 0 amide bonds. The molecule has 0 aliphatic carbocycles. The summed E-state index contributed by atoms with van der Waals surface area (Å²) in [6, 6.07) is 16.8. The minimum absolute atomic E-state index is 0.0183. The van der Waals surface area contributed by atoms with Crippen LogP contribution in [-0.2, 0) is 0 Å². The van der Waals surface area contributed by atoms with Crippen LogP contribution in [0.2, 0.25) is 0 Å². The van der Waals surface area contributed by atoms with E-state index in [1.54, 1.807) is 36.4 Å². The van der Waals surface area contributed by atoms with Gasteiger partial charge in [-0.05, 0) is 65.4 Å². The summed E-state index contributed by atoms with van der Waals surface area (Å²) < 4.78 is 78.4. The van der Waals surface area contributed by atoms with Gasteiger partial charge in [0.2, 0.25) is 0 Å². The van der Waals surface area contributed by atoms with Gasteiger partial charge in [-0.3, -0.25) is 0 Å². The van der Waals surface area contributed by atoms with Crippen LogP contribution in [0.3, 0.4) is 0 Å². The molecule has 0 heterocycles. The summed E-state index contributed by atoms with van der Waals surface area (Å²) in [6.45, 7) is 0. The first-order chi connectivity index (χ1) is 17.7. The molecule has 0 aliphatic heterocycles. The summed E-state index contributed by atoms with van der Waals surface area (Å²) in [7, 11) is 0. The van der Waals surface area contributed by atoms with E-state index in [9.17, 15) is 31.5 Å². The predicted molar refractivity (Wildman–Crippen MR) is 124 cm³/mol. The SMILES string of the molecule is O=C(Oc1cccc2cc3cccc(OC(=O)c4ccc(F)c(F)c4F)c3cc12)c1ccc(F)c(F)c1. The Morgan fingerprint density at radius 1 is 0.541 bits per heavy atom. The molecule has 0 radical (unpaired) electrons. The first-order valence-corrected chi connectivity index (χ1v) is 10.7. The van der Waals surface area contributed by atoms with Crippen molar-refractivity contribution >= 4 is 33.5 Å². The van der Waals surface area contributed by atoms with Crippen molar-refractivity contribution in [2.24, 2.45) is 0 Å². The molecule has 4 nitrogen and oxygen atoms in total. The van der Waals surface area contributed by atoms with Crippen molar-refractivity contribution in [2.75, 3.05) is 0 Å². The van der Waals surface area contributed by atoms with Crippen LogP contribution >= 0.6 is 0 Å². The fourth-order valence-electron chi connectivity index (χ4n) is 3.79. The Balaban J connectivity index is 1.54. The van der Waals surface area contributed by atoms with Gasteiger partial charge >= 0.3 is 11.9 Å². The zero-order valence-corrected chi connectivity index (χ0v) is 18.5. The molecular weight excluding hydrogens is 495 g/mol. The van der Waals surface area contributed by atoms with Crippen LogP contribution in [0.5, 0.6) is 11.5 Å². The van der Waals surface area contributed by atoms with Gasteiger partial charge < -0.3 is 9.47 Å². The second-order valence-corrected chi connectivity index (χ2v) is 7.94. The van der Waals surface area contributed by atoms with Gasteiger partial charge in [0, 0.05) is 10.8 Å². The topological polar surface area (TPSA) is 52.6 Å². The molecule has 0 aliphatic rings. The Bertz CT molecular complexity index is 1730. The Morgan fingerprint density at radius 2 is 1.14 bits per heavy atom. The Morgan fingerprint density at radius 3 is 1.76 bits per heavy atom. The Labute approximate surface area is 205 Å². The second kappa shape index (κ2) is 9.34. The normalized spacial score (nSPS) is 11.1. The van der Waals surface area contributed by atoms with E-state index in [1.165, 1.54) is 12.1 Å². The lowest BCUT2D eigenvalue weighted by molar-refractivity contribution is 0.0724. The molecule has 0 spiro atoms. The fraction of sp³-hybridized carbons (Fsp3) is 0. The lowest BCUT2D eigenvalue weighted by atomic mass is 10.0. The van der Waals surface area contributed by atoms with Crippen LogP contribution in [0, 0.1) is 29.1 Å². The lowest BCUT2D eigenvalue weighted by Crippen LogP contribution is -2.12. The van der Waals surface area contributed by atoms with Gasteiger partial charge in [0.1, 0.15) is 11.5 Å². The highest BCUT2D eigenvalue weighted by Crippen LogP contribution is 2.35. The van der Waals surface area contributed by atoms with Crippen LogP contribution < -0.4 is 9.47 Å². The molecule has 0 saturated carbocycles. The van der Waals surface area contributed by atoms with E-state index in [0.29, 0.717) is 33.7 Å². The zero-order chi connectivity index (χ0) is 26.3. The molecule has 9 heteroatoms. The van der Waals surface area contributed by atoms with Gasteiger partial charge in [-0.2, -0.15) is 0 Å². The number of fused-ring (bicyclic) bond motifs is 2. The first kappa shape index (κ1) is 23.9. The largest absolute Gasteiger partial charge is 0.422 e. The number of benzene rings is 5. The summed E-state index contributed by atoms with van der Waals surface area (Å²) in [5, 5.41) is 2.02. The Hall–Kier alpha value is -4.79. The van der Waals surface area contributed by atoms with Crippen molar-refractivity contribution in [1.29, 1.82) is 0 Å². The maximum Gasteiger partial charge on any atom is 0.346 e. The van der Waals surface area contributed by atoms with Crippen LogP contribution in [0.1, 0.15) is 20.7 Å². The monoisotopic (exact) mass is 508 g/mol. The number of carbonyl (C=O) groups excluding carboxylic acids is 2. The van der Waals surface area contributed by atoms with E-state index in [1.807, 2.05) is 0 Å². The highest BCUT2D eigenvalue weighted by Gasteiger charge is 2.21. The molecule has 0 bridgehead atoms. The standard InChI is InChI=1S/C28H13F5O4/c29-20-9-7-16(12-22(20)31)27(34)36-23-5-1-3-14-11-15-4-2-6-24(19(15)13-18(14)23)37-28(35)17-8-10-21(30)26(33)25(17)32/h1-13H. The van der Waals surface area contributed by atoms with Crippen molar-refractivity contribution in [3.8, 4) is 11.5 Å². The average molecular weight is 508 g/mol. The molecule has 0 atom stereocenters. The number of ether oxygens (including phenoxy) is 2. The van der Waals surface area contributed by atoms with Crippen molar-refractivity contribution in [1.82, 2.24) is 0 Å². The number of hydrogen-bond donors (Lipinski definition) is 0. The molecule has 184 valence electrons. The van der Waals surface area contributed by atoms with Crippen molar-refractivity contribution in [3.05, 3.63) is 119 Å².